The minimum atomic E-state index is 0.309. The Morgan fingerprint density at radius 1 is 1.31 bits per heavy atom. The summed E-state index contributed by atoms with van der Waals surface area (Å²) < 4.78 is 0. The van der Waals surface area contributed by atoms with E-state index in [0.717, 1.165) is 32.0 Å². The Kier molecular flexibility index (Phi) is 2.86. The SMILES string of the molecule is O=C1CC(C2CCC2)NN1CC1CCNC1. The number of hydrogen-bond acceptors (Lipinski definition) is 3. The third-order valence-corrected chi connectivity index (χ3v) is 4.34. The first-order valence-corrected chi connectivity index (χ1v) is 6.60. The Bertz CT molecular complexity index is 271. The van der Waals surface area contributed by atoms with Gasteiger partial charge in [0.2, 0.25) is 5.91 Å². The lowest BCUT2D eigenvalue weighted by Gasteiger charge is -2.31. The van der Waals surface area contributed by atoms with Crippen LogP contribution in [0.25, 0.3) is 0 Å². The van der Waals surface area contributed by atoms with Crippen molar-refractivity contribution in [3.05, 3.63) is 0 Å². The van der Waals surface area contributed by atoms with Gasteiger partial charge in [-0.25, -0.2) is 5.43 Å². The Balaban J connectivity index is 1.53. The van der Waals surface area contributed by atoms with Crippen molar-refractivity contribution in [1.29, 1.82) is 0 Å². The molecule has 1 amide bonds. The van der Waals surface area contributed by atoms with Crippen LogP contribution in [-0.4, -0.2) is 36.6 Å². The Morgan fingerprint density at radius 3 is 2.81 bits per heavy atom. The standard InChI is InChI=1S/C12H21N3O/c16-12-6-11(10-2-1-3-10)14-15(12)8-9-4-5-13-7-9/h9-11,13-14H,1-8H2. The summed E-state index contributed by atoms with van der Waals surface area (Å²) in [5.74, 6) is 1.72. The average Bonchev–Trinajstić information content (AvgIpc) is 2.76. The fourth-order valence-electron chi connectivity index (χ4n) is 3.01. The van der Waals surface area contributed by atoms with Gasteiger partial charge in [0.25, 0.3) is 0 Å². The molecule has 16 heavy (non-hydrogen) atoms. The Labute approximate surface area is 96.7 Å². The molecular formula is C12H21N3O. The summed E-state index contributed by atoms with van der Waals surface area (Å²) in [5, 5.41) is 5.24. The van der Waals surface area contributed by atoms with Crippen LogP contribution in [0.3, 0.4) is 0 Å². The van der Waals surface area contributed by atoms with E-state index in [1.807, 2.05) is 5.01 Å². The van der Waals surface area contributed by atoms with E-state index in [9.17, 15) is 4.79 Å². The number of nitrogens with one attached hydrogen (secondary N) is 2. The molecule has 0 aromatic rings. The minimum Gasteiger partial charge on any atom is -0.316 e. The van der Waals surface area contributed by atoms with Crippen LogP contribution < -0.4 is 10.7 Å². The van der Waals surface area contributed by atoms with Gasteiger partial charge in [-0.05, 0) is 44.2 Å². The molecule has 0 aromatic carbocycles. The number of nitrogens with zero attached hydrogens (tertiary/aromatic N) is 1. The quantitative estimate of drug-likeness (QED) is 0.732. The predicted molar refractivity (Wildman–Crippen MR) is 61.6 cm³/mol. The second-order valence-electron chi connectivity index (χ2n) is 5.49. The van der Waals surface area contributed by atoms with Gasteiger partial charge in [0.1, 0.15) is 0 Å². The molecule has 0 spiro atoms. The van der Waals surface area contributed by atoms with Gasteiger partial charge in [0.15, 0.2) is 0 Å². The van der Waals surface area contributed by atoms with E-state index in [1.165, 1.54) is 25.7 Å². The number of carbonyl (C=O) groups is 1. The molecule has 0 aromatic heterocycles. The summed E-state index contributed by atoms with van der Waals surface area (Å²) in [4.78, 5) is 11.9. The van der Waals surface area contributed by atoms with Crippen molar-refractivity contribution in [2.45, 2.75) is 38.1 Å². The van der Waals surface area contributed by atoms with Crippen LogP contribution in [0.4, 0.5) is 0 Å². The summed E-state index contributed by atoms with van der Waals surface area (Å²) in [7, 11) is 0. The number of hydrogen-bond donors (Lipinski definition) is 2. The molecule has 2 saturated heterocycles. The number of amides is 1. The van der Waals surface area contributed by atoms with Crippen LogP contribution in [0.2, 0.25) is 0 Å². The fourth-order valence-corrected chi connectivity index (χ4v) is 3.01. The second kappa shape index (κ2) is 4.34. The summed E-state index contributed by atoms with van der Waals surface area (Å²) >= 11 is 0. The lowest BCUT2D eigenvalue weighted by Crippen LogP contribution is -2.44. The van der Waals surface area contributed by atoms with E-state index >= 15 is 0 Å². The first-order valence-electron chi connectivity index (χ1n) is 6.60. The average molecular weight is 223 g/mol. The van der Waals surface area contributed by atoms with Crippen LogP contribution in [0.15, 0.2) is 0 Å². The van der Waals surface area contributed by atoms with Crippen molar-refractivity contribution in [2.24, 2.45) is 11.8 Å². The second-order valence-corrected chi connectivity index (χ2v) is 5.49. The van der Waals surface area contributed by atoms with Gasteiger partial charge in [-0.1, -0.05) is 6.42 Å². The normalized spacial score (nSPS) is 35.8. The van der Waals surface area contributed by atoms with Crippen molar-refractivity contribution >= 4 is 5.91 Å². The van der Waals surface area contributed by atoms with Gasteiger partial charge < -0.3 is 5.32 Å². The molecule has 2 N–H and O–H groups in total. The fraction of sp³-hybridized carbons (Fsp3) is 0.917. The van der Waals surface area contributed by atoms with Crippen LogP contribution >= 0.6 is 0 Å². The van der Waals surface area contributed by atoms with Gasteiger partial charge in [-0.2, -0.15) is 0 Å². The zero-order chi connectivity index (χ0) is 11.0. The lowest BCUT2D eigenvalue weighted by molar-refractivity contribution is -0.130. The molecular weight excluding hydrogens is 202 g/mol. The molecule has 1 aliphatic carbocycles. The summed E-state index contributed by atoms with van der Waals surface area (Å²) in [5.41, 5.74) is 3.43. The molecule has 3 rings (SSSR count). The van der Waals surface area contributed by atoms with Crippen molar-refractivity contribution < 1.29 is 4.79 Å². The topological polar surface area (TPSA) is 44.4 Å². The van der Waals surface area contributed by atoms with Crippen molar-refractivity contribution in [2.75, 3.05) is 19.6 Å². The minimum absolute atomic E-state index is 0.309. The third kappa shape index (κ3) is 1.96. The Hall–Kier alpha value is -0.610. The molecule has 90 valence electrons. The highest BCUT2D eigenvalue weighted by atomic mass is 16.2. The molecule has 0 radical (unpaired) electrons. The van der Waals surface area contributed by atoms with Gasteiger partial charge in [0, 0.05) is 19.0 Å². The molecule has 3 fully saturated rings. The Morgan fingerprint density at radius 2 is 2.19 bits per heavy atom. The van der Waals surface area contributed by atoms with E-state index in [-0.39, 0.29) is 0 Å². The molecule has 2 unspecified atom stereocenters. The van der Waals surface area contributed by atoms with Crippen LogP contribution in [0, 0.1) is 11.8 Å². The zero-order valence-corrected chi connectivity index (χ0v) is 9.74. The lowest BCUT2D eigenvalue weighted by atomic mass is 9.79. The van der Waals surface area contributed by atoms with Crippen LogP contribution in [0.5, 0.6) is 0 Å². The molecule has 2 aliphatic heterocycles. The van der Waals surface area contributed by atoms with E-state index in [2.05, 4.69) is 10.7 Å². The van der Waals surface area contributed by atoms with E-state index in [1.54, 1.807) is 0 Å². The first-order chi connectivity index (χ1) is 7.83. The van der Waals surface area contributed by atoms with Crippen molar-refractivity contribution in [3.63, 3.8) is 0 Å². The molecule has 1 saturated carbocycles. The zero-order valence-electron chi connectivity index (χ0n) is 9.74. The highest BCUT2D eigenvalue weighted by Gasteiger charge is 2.37. The molecule has 4 nitrogen and oxygen atoms in total. The maximum absolute atomic E-state index is 11.9. The van der Waals surface area contributed by atoms with Crippen molar-refractivity contribution in [1.82, 2.24) is 15.8 Å². The highest BCUT2D eigenvalue weighted by molar-refractivity contribution is 5.78. The van der Waals surface area contributed by atoms with E-state index in [4.69, 9.17) is 0 Å². The number of carbonyl (C=O) groups excluding carboxylic acids is 1. The first kappa shape index (κ1) is 10.5. The van der Waals surface area contributed by atoms with E-state index < -0.39 is 0 Å². The smallest absolute Gasteiger partial charge is 0.238 e. The summed E-state index contributed by atoms with van der Waals surface area (Å²) in [6.07, 6.45) is 5.90. The van der Waals surface area contributed by atoms with Crippen LogP contribution in [0.1, 0.15) is 32.1 Å². The maximum Gasteiger partial charge on any atom is 0.238 e. The van der Waals surface area contributed by atoms with Crippen LogP contribution in [-0.2, 0) is 4.79 Å². The van der Waals surface area contributed by atoms with Crippen molar-refractivity contribution in [3.8, 4) is 0 Å². The predicted octanol–water partition coefficient (Wildman–Crippen LogP) is 0.501. The number of rotatable bonds is 3. The van der Waals surface area contributed by atoms with Gasteiger partial charge in [0.05, 0.1) is 0 Å². The summed E-state index contributed by atoms with van der Waals surface area (Å²) in [6, 6.07) is 0.440. The monoisotopic (exact) mass is 223 g/mol. The largest absolute Gasteiger partial charge is 0.316 e. The summed E-state index contributed by atoms with van der Waals surface area (Å²) in [6.45, 7) is 3.08. The molecule has 2 atom stereocenters. The number of hydrazine groups is 1. The molecule has 0 bridgehead atoms. The third-order valence-electron chi connectivity index (χ3n) is 4.34. The van der Waals surface area contributed by atoms with Gasteiger partial charge >= 0.3 is 0 Å². The molecule has 4 heteroatoms. The highest BCUT2D eigenvalue weighted by Crippen LogP contribution is 2.33. The van der Waals surface area contributed by atoms with Gasteiger partial charge in [-0.3, -0.25) is 9.80 Å². The van der Waals surface area contributed by atoms with Gasteiger partial charge in [-0.15, -0.1) is 0 Å². The molecule has 2 heterocycles. The maximum atomic E-state index is 11.9. The van der Waals surface area contributed by atoms with E-state index in [0.29, 0.717) is 17.9 Å². The molecule has 3 aliphatic rings.